The molecule has 0 saturated carbocycles. The lowest BCUT2D eigenvalue weighted by molar-refractivity contribution is 0.0934. The van der Waals surface area contributed by atoms with Crippen molar-refractivity contribution in [1.82, 2.24) is 10.2 Å². The molecule has 0 aromatic heterocycles. The second-order valence-electron chi connectivity index (χ2n) is 6.32. The SMILES string of the molecule is CCN(CC)C(CNC(=O)c1cc(OC)cc(OC)c1)c1cccc(OC)c1. The van der Waals surface area contributed by atoms with Gasteiger partial charge >= 0.3 is 0 Å². The van der Waals surface area contributed by atoms with Gasteiger partial charge in [-0.3, -0.25) is 9.69 Å². The van der Waals surface area contributed by atoms with Crippen molar-refractivity contribution in [2.45, 2.75) is 19.9 Å². The minimum atomic E-state index is -0.169. The number of benzene rings is 2. The molecule has 2 aromatic rings. The number of nitrogens with zero attached hydrogens (tertiary/aromatic N) is 1. The molecule has 0 spiro atoms. The Morgan fingerprint density at radius 3 is 2.07 bits per heavy atom. The zero-order chi connectivity index (χ0) is 20.5. The van der Waals surface area contributed by atoms with Crippen LogP contribution in [0.2, 0.25) is 0 Å². The molecule has 0 aliphatic heterocycles. The van der Waals surface area contributed by atoms with E-state index in [9.17, 15) is 4.79 Å². The molecule has 152 valence electrons. The Balaban J connectivity index is 2.22. The summed E-state index contributed by atoms with van der Waals surface area (Å²) in [5.41, 5.74) is 1.60. The molecule has 2 rings (SSSR count). The molecule has 6 heteroatoms. The summed E-state index contributed by atoms with van der Waals surface area (Å²) >= 11 is 0. The van der Waals surface area contributed by atoms with Gasteiger partial charge in [0.05, 0.1) is 27.4 Å². The van der Waals surface area contributed by atoms with E-state index in [1.807, 2.05) is 18.2 Å². The zero-order valence-electron chi connectivity index (χ0n) is 17.3. The summed E-state index contributed by atoms with van der Waals surface area (Å²) in [5.74, 6) is 1.80. The first kappa shape index (κ1) is 21.6. The number of hydrogen-bond donors (Lipinski definition) is 1. The maximum atomic E-state index is 12.8. The van der Waals surface area contributed by atoms with Crippen molar-refractivity contribution in [3.63, 3.8) is 0 Å². The number of nitrogens with one attached hydrogen (secondary N) is 1. The highest BCUT2D eigenvalue weighted by molar-refractivity contribution is 5.95. The van der Waals surface area contributed by atoms with Crippen LogP contribution < -0.4 is 19.5 Å². The third kappa shape index (κ3) is 5.39. The average molecular weight is 386 g/mol. The second kappa shape index (κ2) is 10.6. The van der Waals surface area contributed by atoms with Crippen LogP contribution in [-0.4, -0.2) is 51.8 Å². The highest BCUT2D eigenvalue weighted by atomic mass is 16.5. The highest BCUT2D eigenvalue weighted by Gasteiger charge is 2.20. The van der Waals surface area contributed by atoms with Gasteiger partial charge in [-0.15, -0.1) is 0 Å². The molecule has 0 aliphatic rings. The summed E-state index contributed by atoms with van der Waals surface area (Å²) in [7, 11) is 4.79. The number of methoxy groups -OCH3 is 3. The maximum Gasteiger partial charge on any atom is 0.251 e. The van der Waals surface area contributed by atoms with E-state index < -0.39 is 0 Å². The topological polar surface area (TPSA) is 60.0 Å². The van der Waals surface area contributed by atoms with Crippen molar-refractivity contribution in [3.05, 3.63) is 53.6 Å². The summed E-state index contributed by atoms with van der Waals surface area (Å²) in [6, 6.07) is 13.2. The molecule has 0 aliphatic carbocycles. The molecular formula is C22H30N2O4. The van der Waals surface area contributed by atoms with E-state index in [1.165, 1.54) is 0 Å². The van der Waals surface area contributed by atoms with Crippen LogP contribution in [0, 0.1) is 0 Å². The number of ether oxygens (including phenoxy) is 3. The van der Waals surface area contributed by atoms with Crippen LogP contribution in [0.5, 0.6) is 17.2 Å². The molecule has 2 aromatic carbocycles. The van der Waals surface area contributed by atoms with E-state index in [1.54, 1.807) is 39.5 Å². The predicted octanol–water partition coefficient (Wildman–Crippen LogP) is 3.53. The standard InChI is InChI=1S/C22H30N2O4/c1-6-24(7-2)21(16-9-8-10-18(11-16)26-3)15-23-22(25)17-12-19(27-4)14-20(13-17)28-5/h8-14,21H,6-7,15H2,1-5H3,(H,23,25). The molecule has 1 unspecified atom stereocenters. The Morgan fingerprint density at radius 2 is 1.54 bits per heavy atom. The van der Waals surface area contributed by atoms with Crippen LogP contribution in [-0.2, 0) is 0 Å². The minimum Gasteiger partial charge on any atom is -0.497 e. The lowest BCUT2D eigenvalue weighted by atomic mass is 10.0. The van der Waals surface area contributed by atoms with E-state index in [4.69, 9.17) is 14.2 Å². The molecule has 0 saturated heterocycles. The van der Waals surface area contributed by atoms with E-state index in [0.29, 0.717) is 23.6 Å². The quantitative estimate of drug-likeness (QED) is 0.677. The van der Waals surface area contributed by atoms with Crippen molar-refractivity contribution >= 4 is 5.91 Å². The van der Waals surface area contributed by atoms with Gasteiger partial charge in [0.25, 0.3) is 5.91 Å². The number of carbonyl (C=O) groups is 1. The predicted molar refractivity (Wildman–Crippen MR) is 111 cm³/mol. The fourth-order valence-electron chi connectivity index (χ4n) is 3.20. The van der Waals surface area contributed by atoms with E-state index >= 15 is 0 Å². The number of carbonyl (C=O) groups excluding carboxylic acids is 1. The Kier molecular flexibility index (Phi) is 8.14. The lowest BCUT2D eigenvalue weighted by Gasteiger charge is -2.30. The van der Waals surface area contributed by atoms with Gasteiger partial charge in [-0.05, 0) is 42.9 Å². The molecule has 28 heavy (non-hydrogen) atoms. The van der Waals surface area contributed by atoms with Gasteiger partial charge in [0, 0.05) is 18.2 Å². The van der Waals surface area contributed by atoms with Crippen LogP contribution in [0.3, 0.4) is 0 Å². The Bertz CT molecular complexity index is 753. The number of amides is 1. The summed E-state index contributed by atoms with van der Waals surface area (Å²) in [6.45, 7) is 6.46. The Hall–Kier alpha value is -2.73. The monoisotopic (exact) mass is 386 g/mol. The molecule has 0 heterocycles. The molecular weight excluding hydrogens is 356 g/mol. The van der Waals surface area contributed by atoms with Gasteiger partial charge in [-0.1, -0.05) is 26.0 Å². The van der Waals surface area contributed by atoms with Gasteiger partial charge in [-0.25, -0.2) is 0 Å². The Morgan fingerprint density at radius 1 is 0.929 bits per heavy atom. The second-order valence-corrected chi connectivity index (χ2v) is 6.32. The number of likely N-dealkylation sites (N-methyl/N-ethyl adjacent to an activating group) is 1. The fourth-order valence-corrected chi connectivity index (χ4v) is 3.20. The summed E-state index contributed by atoms with van der Waals surface area (Å²) < 4.78 is 15.9. The normalized spacial score (nSPS) is 11.8. The molecule has 1 amide bonds. The molecule has 1 N–H and O–H groups in total. The third-order valence-corrected chi connectivity index (χ3v) is 4.80. The molecule has 0 bridgehead atoms. The van der Waals surface area contributed by atoms with Crippen LogP contribution in [0.25, 0.3) is 0 Å². The molecule has 1 atom stereocenters. The Labute approximate surface area is 167 Å². The van der Waals surface area contributed by atoms with Gasteiger partial charge in [0.1, 0.15) is 17.2 Å². The molecule has 6 nitrogen and oxygen atoms in total. The van der Waals surface area contributed by atoms with Gasteiger partial charge < -0.3 is 19.5 Å². The van der Waals surface area contributed by atoms with Gasteiger partial charge in [0.15, 0.2) is 0 Å². The minimum absolute atomic E-state index is 0.0431. The van der Waals surface area contributed by atoms with Crippen molar-refractivity contribution in [3.8, 4) is 17.2 Å². The largest absolute Gasteiger partial charge is 0.497 e. The van der Waals surface area contributed by atoms with E-state index in [0.717, 1.165) is 24.4 Å². The zero-order valence-corrected chi connectivity index (χ0v) is 17.3. The van der Waals surface area contributed by atoms with Crippen LogP contribution in [0.15, 0.2) is 42.5 Å². The first-order chi connectivity index (χ1) is 13.6. The van der Waals surface area contributed by atoms with Crippen LogP contribution in [0.4, 0.5) is 0 Å². The van der Waals surface area contributed by atoms with Crippen molar-refractivity contribution in [2.75, 3.05) is 41.0 Å². The molecule has 0 radical (unpaired) electrons. The first-order valence-electron chi connectivity index (χ1n) is 9.45. The average Bonchev–Trinajstić information content (AvgIpc) is 2.75. The highest BCUT2D eigenvalue weighted by Crippen LogP contribution is 2.25. The van der Waals surface area contributed by atoms with E-state index in [2.05, 4.69) is 30.1 Å². The first-order valence-corrected chi connectivity index (χ1v) is 9.45. The summed E-state index contributed by atoms with van der Waals surface area (Å²) in [4.78, 5) is 15.1. The fraction of sp³-hybridized carbons (Fsp3) is 0.409. The van der Waals surface area contributed by atoms with Crippen molar-refractivity contribution in [1.29, 1.82) is 0 Å². The van der Waals surface area contributed by atoms with Crippen molar-refractivity contribution < 1.29 is 19.0 Å². The maximum absolute atomic E-state index is 12.8. The van der Waals surface area contributed by atoms with Gasteiger partial charge in [-0.2, -0.15) is 0 Å². The molecule has 0 fully saturated rings. The summed E-state index contributed by atoms with van der Waals surface area (Å²) in [5, 5.41) is 3.05. The lowest BCUT2D eigenvalue weighted by Crippen LogP contribution is -2.38. The number of hydrogen-bond acceptors (Lipinski definition) is 5. The number of rotatable bonds is 10. The van der Waals surface area contributed by atoms with Crippen LogP contribution in [0.1, 0.15) is 35.8 Å². The smallest absolute Gasteiger partial charge is 0.251 e. The third-order valence-electron chi connectivity index (χ3n) is 4.80. The van der Waals surface area contributed by atoms with Gasteiger partial charge in [0.2, 0.25) is 0 Å². The van der Waals surface area contributed by atoms with E-state index in [-0.39, 0.29) is 11.9 Å². The van der Waals surface area contributed by atoms with Crippen LogP contribution >= 0.6 is 0 Å². The van der Waals surface area contributed by atoms with Crippen molar-refractivity contribution in [2.24, 2.45) is 0 Å². The summed E-state index contributed by atoms with van der Waals surface area (Å²) in [6.07, 6.45) is 0.